The minimum atomic E-state index is -2.63. The summed E-state index contributed by atoms with van der Waals surface area (Å²) < 4.78 is 52.5. The lowest BCUT2D eigenvalue weighted by molar-refractivity contribution is -0.228. The van der Waals surface area contributed by atoms with Gasteiger partial charge in [-0.05, 0) is 41.0 Å². The van der Waals surface area contributed by atoms with Crippen molar-refractivity contribution in [2.75, 3.05) is 20.8 Å². The Morgan fingerprint density at radius 3 is 2.02 bits per heavy atom. The van der Waals surface area contributed by atoms with E-state index in [2.05, 4.69) is 4.98 Å². The van der Waals surface area contributed by atoms with Crippen molar-refractivity contribution in [3.63, 3.8) is 0 Å². The van der Waals surface area contributed by atoms with Crippen molar-refractivity contribution in [3.8, 4) is 11.5 Å². The molecule has 0 aliphatic carbocycles. The quantitative estimate of drug-likeness (QED) is 0.225. The first-order valence-corrected chi connectivity index (χ1v) is 13.7. The van der Waals surface area contributed by atoms with Crippen molar-refractivity contribution in [1.82, 2.24) is 9.55 Å². The number of hydrogen-bond acceptors (Lipinski definition) is 9. The lowest BCUT2D eigenvalue weighted by atomic mass is 9.80. The molecule has 0 amide bonds. The Morgan fingerprint density at radius 1 is 0.884 bits per heavy atom. The Hall–Kier alpha value is -4.52. The molecule has 0 spiro atoms. The van der Waals surface area contributed by atoms with Crippen molar-refractivity contribution in [2.45, 2.75) is 29.9 Å². The van der Waals surface area contributed by atoms with Crippen LogP contribution in [0.15, 0.2) is 101 Å². The fraction of sp³-hybridized carbons (Fsp3) is 0.258. The molecule has 1 N–H and O–H groups in total. The zero-order chi connectivity index (χ0) is 30.2. The number of aromatic amines is 1. The lowest BCUT2D eigenvalue weighted by Gasteiger charge is -2.38. The zero-order valence-corrected chi connectivity index (χ0v) is 23.9. The van der Waals surface area contributed by atoms with E-state index >= 15 is 4.39 Å². The lowest BCUT2D eigenvalue weighted by Crippen LogP contribution is -2.46. The Labute approximate surface area is 250 Å². The molecule has 0 bridgehead atoms. The van der Waals surface area contributed by atoms with Crippen molar-refractivity contribution in [1.29, 1.82) is 0 Å². The summed E-state index contributed by atoms with van der Waals surface area (Å²) in [6.07, 6.45) is -2.61. The van der Waals surface area contributed by atoms with Gasteiger partial charge < -0.3 is 28.4 Å². The third-order valence-electron chi connectivity index (χ3n) is 7.56. The summed E-state index contributed by atoms with van der Waals surface area (Å²) in [7, 11) is 3.14. The molecule has 6 rings (SSSR count). The van der Waals surface area contributed by atoms with Gasteiger partial charge in [-0.15, -0.1) is 0 Å². The van der Waals surface area contributed by atoms with Gasteiger partial charge in [-0.25, -0.2) is 9.18 Å². The van der Waals surface area contributed by atoms with E-state index in [9.17, 15) is 9.59 Å². The predicted molar refractivity (Wildman–Crippen MR) is 156 cm³/mol. The van der Waals surface area contributed by atoms with E-state index in [1.165, 1.54) is 6.20 Å². The molecule has 0 radical (unpaired) electrons. The van der Waals surface area contributed by atoms with E-state index in [0.29, 0.717) is 28.2 Å². The van der Waals surface area contributed by atoms with E-state index < -0.39 is 47.7 Å². The number of aromatic nitrogens is 2. The van der Waals surface area contributed by atoms with E-state index in [-0.39, 0.29) is 5.24 Å². The highest BCUT2D eigenvalue weighted by Gasteiger charge is 2.64. The number of fused-ring (bicyclic) bond motifs is 1. The number of alkyl halides is 1. The molecule has 2 aliphatic heterocycles. The van der Waals surface area contributed by atoms with Crippen LogP contribution >= 0.6 is 12.2 Å². The smallest absolute Gasteiger partial charge is 0.353 e. The third kappa shape index (κ3) is 5.07. The maximum atomic E-state index is 17.1. The number of halogens is 1. The first-order valence-electron chi connectivity index (χ1n) is 13.3. The maximum Gasteiger partial charge on any atom is 0.353 e. The van der Waals surface area contributed by atoms with Gasteiger partial charge in [0.05, 0.1) is 14.2 Å². The number of thiocarbonyl (C=S) groups is 1. The Balaban J connectivity index is 1.45. The van der Waals surface area contributed by atoms with Gasteiger partial charge in [0.25, 0.3) is 11.4 Å². The summed E-state index contributed by atoms with van der Waals surface area (Å²) in [5.74, 6) is -1.38. The van der Waals surface area contributed by atoms with Gasteiger partial charge in [-0.2, -0.15) is 0 Å². The molecule has 2 saturated heterocycles. The Morgan fingerprint density at radius 2 is 1.47 bits per heavy atom. The molecule has 12 heteroatoms. The molecule has 43 heavy (non-hydrogen) atoms. The van der Waals surface area contributed by atoms with Crippen molar-refractivity contribution in [2.24, 2.45) is 0 Å². The monoisotopic (exact) mass is 606 g/mol. The van der Waals surface area contributed by atoms with Crippen LogP contribution in [0.25, 0.3) is 0 Å². The molecule has 0 saturated carbocycles. The molecule has 3 aromatic carbocycles. The van der Waals surface area contributed by atoms with Crippen LogP contribution in [-0.4, -0.2) is 53.7 Å². The molecule has 222 valence electrons. The first kappa shape index (κ1) is 28.6. The average molecular weight is 607 g/mol. The van der Waals surface area contributed by atoms with E-state index in [4.69, 9.17) is 40.6 Å². The standard InChI is InChI=1S/C31H27FN2O8S/c1-37-22-12-8-20(9-13-22)31(19-6-4-3-5-7-19,21-10-14-23(38-2)15-11-21)39-18-30(32)26-25(40-29(43)41-26)27(42-30)34-17-16-24(35)33-28(34)36/h3-17,25-27H,18H2,1-2H3,(H,33,35,36)/t25-,26+,27-,30-/m1/s1. The number of methoxy groups -OCH3 is 2. The van der Waals surface area contributed by atoms with Crippen LogP contribution in [0, 0.1) is 0 Å². The van der Waals surface area contributed by atoms with Crippen LogP contribution in [0.1, 0.15) is 22.9 Å². The normalized spacial score (nSPS) is 22.9. The first-order chi connectivity index (χ1) is 20.8. The van der Waals surface area contributed by atoms with Crippen molar-refractivity contribution in [3.05, 3.63) is 129 Å². The summed E-state index contributed by atoms with van der Waals surface area (Å²) in [5, 5.41) is -0.289. The molecule has 3 heterocycles. The number of rotatable bonds is 9. The van der Waals surface area contributed by atoms with Crippen LogP contribution in [0.5, 0.6) is 11.5 Å². The second kappa shape index (κ2) is 11.3. The van der Waals surface area contributed by atoms with Crippen LogP contribution in [0.2, 0.25) is 0 Å². The highest BCUT2D eigenvalue weighted by Crippen LogP contribution is 2.48. The average Bonchev–Trinajstić information content (AvgIpc) is 3.55. The maximum absolute atomic E-state index is 17.1. The third-order valence-corrected chi connectivity index (χ3v) is 7.75. The van der Waals surface area contributed by atoms with Crippen LogP contribution < -0.4 is 20.7 Å². The number of nitrogens with zero attached hydrogens (tertiary/aromatic N) is 1. The van der Waals surface area contributed by atoms with Gasteiger partial charge >= 0.3 is 10.9 Å². The highest BCUT2D eigenvalue weighted by molar-refractivity contribution is 7.79. The molecule has 2 aliphatic rings. The second-order valence-electron chi connectivity index (χ2n) is 9.98. The fourth-order valence-electron chi connectivity index (χ4n) is 5.49. The number of benzene rings is 3. The Kier molecular flexibility index (Phi) is 7.50. The fourth-order valence-corrected chi connectivity index (χ4v) is 5.70. The SMILES string of the molecule is COc1ccc(C(OC[C@@]2(F)O[C@@H](n3ccc(=O)[nH]c3=O)[C@@H]3OC(=S)O[C@@H]32)(c2ccccc2)c2ccc(OC)cc2)cc1. The molecular weight excluding hydrogens is 579 g/mol. The van der Waals surface area contributed by atoms with E-state index in [0.717, 1.165) is 10.6 Å². The summed E-state index contributed by atoms with van der Waals surface area (Å²) in [5.41, 5.74) is -0.721. The zero-order valence-electron chi connectivity index (χ0n) is 23.1. The van der Waals surface area contributed by atoms with Gasteiger partial charge in [-0.3, -0.25) is 14.3 Å². The molecule has 4 aromatic rings. The molecule has 10 nitrogen and oxygen atoms in total. The van der Waals surface area contributed by atoms with E-state index in [1.807, 2.05) is 54.6 Å². The molecule has 1 aromatic heterocycles. The van der Waals surface area contributed by atoms with Crippen molar-refractivity contribution >= 4 is 17.5 Å². The predicted octanol–water partition coefficient (Wildman–Crippen LogP) is 3.83. The van der Waals surface area contributed by atoms with Gasteiger partial charge in [0, 0.05) is 24.5 Å². The van der Waals surface area contributed by atoms with Gasteiger partial charge in [0.1, 0.15) is 23.7 Å². The molecule has 4 atom stereocenters. The summed E-state index contributed by atoms with van der Waals surface area (Å²) in [6, 6.07) is 25.0. The van der Waals surface area contributed by atoms with Crippen LogP contribution in [0.4, 0.5) is 4.39 Å². The summed E-state index contributed by atoms with van der Waals surface area (Å²) in [4.78, 5) is 26.4. The van der Waals surface area contributed by atoms with Crippen LogP contribution in [-0.2, 0) is 24.5 Å². The van der Waals surface area contributed by atoms with Gasteiger partial charge in [0.2, 0.25) is 6.10 Å². The van der Waals surface area contributed by atoms with E-state index in [1.54, 1.807) is 38.5 Å². The van der Waals surface area contributed by atoms with Crippen LogP contribution in [0.3, 0.4) is 0 Å². The number of nitrogens with one attached hydrogen (secondary N) is 1. The van der Waals surface area contributed by atoms with Gasteiger partial charge in [-0.1, -0.05) is 54.6 Å². The second-order valence-corrected chi connectivity index (χ2v) is 10.3. The van der Waals surface area contributed by atoms with Gasteiger partial charge in [0.15, 0.2) is 12.3 Å². The molecule has 0 unspecified atom stereocenters. The minimum Gasteiger partial charge on any atom is -0.497 e. The molecule has 2 fully saturated rings. The molecular formula is C31H27FN2O8S. The number of hydrogen-bond donors (Lipinski definition) is 1. The number of ether oxygens (including phenoxy) is 6. The topological polar surface area (TPSA) is 110 Å². The minimum absolute atomic E-state index is 0.289. The summed E-state index contributed by atoms with van der Waals surface area (Å²) in [6.45, 7) is -0.665. The summed E-state index contributed by atoms with van der Waals surface area (Å²) >= 11 is 5.09. The number of H-pyrrole nitrogens is 1. The Bertz CT molecular complexity index is 1680. The van der Waals surface area contributed by atoms with Crippen molar-refractivity contribution < 1.29 is 32.8 Å². The highest BCUT2D eigenvalue weighted by atomic mass is 32.1. The largest absolute Gasteiger partial charge is 0.497 e.